The molecule has 1 N–H and O–H groups in total. The quantitative estimate of drug-likeness (QED) is 0.817. The molecule has 0 saturated heterocycles. The van der Waals surface area contributed by atoms with Crippen LogP contribution in [0.15, 0.2) is 53.4 Å². The second-order valence-electron chi connectivity index (χ2n) is 4.76. The van der Waals surface area contributed by atoms with Crippen molar-refractivity contribution >= 4 is 29.1 Å². The normalized spacial score (nSPS) is 17.2. The summed E-state index contributed by atoms with van der Waals surface area (Å²) in [5.41, 5.74) is 3.81. The highest BCUT2D eigenvalue weighted by Crippen LogP contribution is 2.39. The monoisotopic (exact) mass is 289 g/mol. The zero-order chi connectivity index (χ0) is 13.1. The molecule has 1 unspecified atom stereocenters. The van der Waals surface area contributed by atoms with Crippen molar-refractivity contribution in [2.24, 2.45) is 0 Å². The fourth-order valence-corrected chi connectivity index (χ4v) is 3.78. The number of alkyl halides is 1. The molecular weight excluding hydrogens is 274 g/mol. The molecule has 2 aromatic rings. The van der Waals surface area contributed by atoms with Crippen LogP contribution in [0.1, 0.15) is 17.0 Å². The smallest absolute Gasteiger partial charge is 0.0474 e. The van der Waals surface area contributed by atoms with E-state index in [-0.39, 0.29) is 0 Å². The first-order valence-electron chi connectivity index (χ1n) is 6.47. The van der Waals surface area contributed by atoms with E-state index < -0.39 is 0 Å². The molecule has 2 aromatic carbocycles. The van der Waals surface area contributed by atoms with Crippen LogP contribution in [-0.2, 0) is 5.88 Å². The Hall–Kier alpha value is -1.12. The van der Waals surface area contributed by atoms with Gasteiger partial charge in [0.2, 0.25) is 0 Å². The number of fused-ring (bicyclic) bond motifs is 1. The van der Waals surface area contributed by atoms with Crippen molar-refractivity contribution in [1.82, 2.24) is 0 Å². The lowest BCUT2D eigenvalue weighted by Gasteiger charge is -2.13. The van der Waals surface area contributed by atoms with Crippen LogP contribution in [-0.4, -0.2) is 12.3 Å². The molecular formula is C16H16ClNS. The van der Waals surface area contributed by atoms with Crippen LogP contribution in [0.25, 0.3) is 0 Å². The summed E-state index contributed by atoms with van der Waals surface area (Å²) in [7, 11) is 0. The summed E-state index contributed by atoms with van der Waals surface area (Å²) in [5.74, 6) is 2.35. The Morgan fingerprint density at radius 3 is 2.68 bits per heavy atom. The maximum atomic E-state index is 5.79. The molecule has 0 aromatic heterocycles. The third-order valence-corrected chi connectivity index (χ3v) is 5.02. The molecule has 1 atom stereocenters. The first-order valence-corrected chi connectivity index (χ1v) is 7.99. The number of hydrogen-bond donors (Lipinski definition) is 1. The molecule has 1 nitrogen and oxygen atoms in total. The van der Waals surface area contributed by atoms with E-state index in [0.717, 1.165) is 12.1 Å². The van der Waals surface area contributed by atoms with Crippen LogP contribution in [0.5, 0.6) is 0 Å². The van der Waals surface area contributed by atoms with Crippen molar-refractivity contribution in [3.63, 3.8) is 0 Å². The maximum Gasteiger partial charge on any atom is 0.0474 e. The minimum Gasteiger partial charge on any atom is -0.384 e. The first-order chi connectivity index (χ1) is 9.36. The minimum absolute atomic E-state index is 0.576. The largest absolute Gasteiger partial charge is 0.384 e. The summed E-state index contributed by atoms with van der Waals surface area (Å²) < 4.78 is 0. The SMILES string of the molecule is ClCc1ccc(NCC2CSc3ccccc32)cc1. The Balaban J connectivity index is 1.64. The van der Waals surface area contributed by atoms with Crippen LogP contribution in [0.3, 0.4) is 0 Å². The average molecular weight is 290 g/mol. The van der Waals surface area contributed by atoms with Crippen LogP contribution in [0.4, 0.5) is 5.69 Å². The summed E-state index contributed by atoms with van der Waals surface area (Å²) >= 11 is 7.75. The van der Waals surface area contributed by atoms with E-state index in [4.69, 9.17) is 11.6 Å². The molecule has 0 aliphatic carbocycles. The third kappa shape index (κ3) is 2.90. The number of halogens is 1. The number of rotatable bonds is 4. The molecule has 0 amide bonds. The van der Waals surface area contributed by atoms with Gasteiger partial charge in [-0.1, -0.05) is 30.3 Å². The van der Waals surface area contributed by atoms with Crippen LogP contribution in [0.2, 0.25) is 0 Å². The molecule has 19 heavy (non-hydrogen) atoms. The molecule has 0 fully saturated rings. The zero-order valence-electron chi connectivity index (χ0n) is 10.6. The van der Waals surface area contributed by atoms with E-state index >= 15 is 0 Å². The van der Waals surface area contributed by atoms with Gasteiger partial charge in [0, 0.05) is 34.7 Å². The van der Waals surface area contributed by atoms with E-state index in [1.165, 1.54) is 21.9 Å². The Labute approximate surface area is 123 Å². The lowest BCUT2D eigenvalue weighted by molar-refractivity contribution is 0.819. The van der Waals surface area contributed by atoms with Gasteiger partial charge < -0.3 is 5.32 Å². The Morgan fingerprint density at radius 1 is 1.11 bits per heavy atom. The highest BCUT2D eigenvalue weighted by Gasteiger charge is 2.22. The first kappa shape index (κ1) is 12.9. The summed E-state index contributed by atoms with van der Waals surface area (Å²) in [6, 6.07) is 17.1. The van der Waals surface area contributed by atoms with Gasteiger partial charge in [-0.3, -0.25) is 0 Å². The second-order valence-corrected chi connectivity index (χ2v) is 6.09. The fraction of sp³-hybridized carbons (Fsp3) is 0.250. The van der Waals surface area contributed by atoms with Gasteiger partial charge in [0.15, 0.2) is 0 Å². The van der Waals surface area contributed by atoms with E-state index in [1.807, 2.05) is 11.8 Å². The predicted octanol–water partition coefficient (Wildman–Crippen LogP) is 4.73. The predicted molar refractivity (Wildman–Crippen MR) is 84.4 cm³/mol. The summed E-state index contributed by atoms with van der Waals surface area (Å²) in [4.78, 5) is 1.44. The highest BCUT2D eigenvalue weighted by atomic mass is 35.5. The molecule has 0 spiro atoms. The molecule has 0 radical (unpaired) electrons. The number of thioether (sulfide) groups is 1. The Morgan fingerprint density at radius 2 is 1.89 bits per heavy atom. The van der Waals surface area contributed by atoms with Crippen molar-refractivity contribution in [3.05, 3.63) is 59.7 Å². The molecule has 3 rings (SSSR count). The van der Waals surface area contributed by atoms with E-state index in [9.17, 15) is 0 Å². The van der Waals surface area contributed by atoms with Gasteiger partial charge in [-0.2, -0.15) is 0 Å². The Bertz CT molecular complexity index is 553. The summed E-state index contributed by atoms with van der Waals surface area (Å²) in [6.07, 6.45) is 0. The van der Waals surface area contributed by atoms with Gasteiger partial charge in [0.1, 0.15) is 0 Å². The number of benzene rings is 2. The lowest BCUT2D eigenvalue weighted by Crippen LogP contribution is -2.12. The summed E-state index contributed by atoms with van der Waals surface area (Å²) in [6.45, 7) is 0.990. The van der Waals surface area contributed by atoms with Crippen molar-refractivity contribution in [2.45, 2.75) is 16.7 Å². The molecule has 1 aliphatic rings. The standard InChI is InChI=1S/C16H16ClNS/c17-9-12-5-7-14(8-6-12)18-10-13-11-19-16-4-2-1-3-15(13)16/h1-8,13,18H,9-11H2. The van der Waals surface area contributed by atoms with E-state index in [1.54, 1.807) is 0 Å². The molecule has 0 bridgehead atoms. The van der Waals surface area contributed by atoms with Crippen LogP contribution >= 0.6 is 23.4 Å². The highest BCUT2D eigenvalue weighted by molar-refractivity contribution is 7.99. The van der Waals surface area contributed by atoms with Gasteiger partial charge in [-0.25, -0.2) is 0 Å². The molecule has 1 heterocycles. The van der Waals surface area contributed by atoms with Gasteiger partial charge in [0.05, 0.1) is 0 Å². The number of hydrogen-bond acceptors (Lipinski definition) is 2. The van der Waals surface area contributed by atoms with Gasteiger partial charge in [0.25, 0.3) is 0 Å². The van der Waals surface area contributed by atoms with Crippen molar-refractivity contribution in [2.75, 3.05) is 17.6 Å². The van der Waals surface area contributed by atoms with Gasteiger partial charge in [-0.05, 0) is 29.3 Å². The van der Waals surface area contributed by atoms with Crippen molar-refractivity contribution in [3.8, 4) is 0 Å². The van der Waals surface area contributed by atoms with Crippen molar-refractivity contribution < 1.29 is 0 Å². The van der Waals surface area contributed by atoms with Gasteiger partial charge in [-0.15, -0.1) is 23.4 Å². The van der Waals surface area contributed by atoms with E-state index in [2.05, 4.69) is 53.8 Å². The fourth-order valence-electron chi connectivity index (χ4n) is 2.35. The number of anilines is 1. The average Bonchev–Trinajstić information content (AvgIpc) is 2.89. The van der Waals surface area contributed by atoms with Crippen LogP contribution < -0.4 is 5.32 Å². The Kier molecular flexibility index (Phi) is 4.00. The lowest BCUT2D eigenvalue weighted by atomic mass is 10.0. The van der Waals surface area contributed by atoms with Gasteiger partial charge >= 0.3 is 0 Å². The molecule has 98 valence electrons. The van der Waals surface area contributed by atoms with Crippen LogP contribution in [0, 0.1) is 0 Å². The molecule has 0 saturated carbocycles. The molecule has 1 aliphatic heterocycles. The van der Waals surface area contributed by atoms with Crippen molar-refractivity contribution in [1.29, 1.82) is 0 Å². The zero-order valence-corrected chi connectivity index (χ0v) is 12.2. The number of nitrogens with one attached hydrogen (secondary N) is 1. The minimum atomic E-state index is 0.576. The third-order valence-electron chi connectivity index (χ3n) is 3.46. The second kappa shape index (κ2) is 5.89. The molecule has 3 heteroatoms. The van der Waals surface area contributed by atoms with E-state index in [0.29, 0.717) is 11.8 Å². The topological polar surface area (TPSA) is 12.0 Å². The summed E-state index contributed by atoms with van der Waals surface area (Å²) in [5, 5.41) is 3.52. The maximum absolute atomic E-state index is 5.79.